The number of aromatic nitrogens is 2. The maximum atomic E-state index is 12.0. The van der Waals surface area contributed by atoms with Crippen LogP contribution in [0.15, 0.2) is 17.3 Å². The first-order chi connectivity index (χ1) is 9.88. The first kappa shape index (κ1) is 16.0. The number of nitrogens with one attached hydrogen (secondary N) is 1. The van der Waals surface area contributed by atoms with Crippen LogP contribution < -0.4 is 4.72 Å². The lowest BCUT2D eigenvalue weighted by molar-refractivity contribution is -0.129. The molecule has 2 rings (SSSR count). The molecule has 1 aromatic heterocycles. The van der Waals surface area contributed by atoms with E-state index in [0.717, 1.165) is 12.8 Å². The van der Waals surface area contributed by atoms with Crippen LogP contribution >= 0.6 is 0 Å². The number of aryl methyl sites for hydroxylation is 1. The van der Waals surface area contributed by atoms with Crippen LogP contribution in [0, 0.1) is 5.92 Å². The SMILES string of the molecule is CN(CC1CCCC1)C(=O)CNS(=O)(=O)c1cnn(C)c1. The predicted octanol–water partition coefficient (Wildman–Crippen LogP) is 0.347. The van der Waals surface area contributed by atoms with E-state index in [9.17, 15) is 13.2 Å². The third kappa shape index (κ3) is 4.28. The average Bonchev–Trinajstić information content (AvgIpc) is 3.07. The van der Waals surface area contributed by atoms with Crippen LogP contribution in [0.3, 0.4) is 0 Å². The second kappa shape index (κ2) is 6.57. The molecule has 1 N–H and O–H groups in total. The zero-order valence-corrected chi connectivity index (χ0v) is 13.3. The summed E-state index contributed by atoms with van der Waals surface area (Å²) in [5.41, 5.74) is 0. The van der Waals surface area contributed by atoms with Crippen LogP contribution in [0.5, 0.6) is 0 Å². The van der Waals surface area contributed by atoms with Crippen LogP contribution in [0.25, 0.3) is 0 Å². The third-order valence-electron chi connectivity index (χ3n) is 3.84. The van der Waals surface area contributed by atoms with Gasteiger partial charge in [0.1, 0.15) is 4.90 Å². The third-order valence-corrected chi connectivity index (χ3v) is 5.19. The molecule has 0 spiro atoms. The second-order valence-corrected chi connectivity index (χ2v) is 7.37. The molecule has 0 aliphatic heterocycles. The second-order valence-electron chi connectivity index (χ2n) is 5.60. The molecule has 0 aromatic carbocycles. The Hall–Kier alpha value is -1.41. The van der Waals surface area contributed by atoms with E-state index in [-0.39, 0.29) is 17.3 Å². The van der Waals surface area contributed by atoms with Crippen molar-refractivity contribution in [2.24, 2.45) is 13.0 Å². The highest BCUT2D eigenvalue weighted by molar-refractivity contribution is 7.89. The number of sulfonamides is 1. The van der Waals surface area contributed by atoms with Crippen molar-refractivity contribution in [3.63, 3.8) is 0 Å². The molecule has 1 aromatic rings. The molecule has 1 saturated carbocycles. The Morgan fingerprint density at radius 1 is 1.48 bits per heavy atom. The summed E-state index contributed by atoms with van der Waals surface area (Å²) in [6, 6.07) is 0. The van der Waals surface area contributed by atoms with Gasteiger partial charge in [0.2, 0.25) is 15.9 Å². The predicted molar refractivity (Wildman–Crippen MR) is 78.0 cm³/mol. The van der Waals surface area contributed by atoms with Gasteiger partial charge >= 0.3 is 0 Å². The highest BCUT2D eigenvalue weighted by Crippen LogP contribution is 2.25. The number of carbonyl (C=O) groups excluding carboxylic acids is 1. The lowest BCUT2D eigenvalue weighted by atomic mass is 10.1. The lowest BCUT2D eigenvalue weighted by Gasteiger charge is -2.21. The summed E-state index contributed by atoms with van der Waals surface area (Å²) in [5, 5.41) is 3.82. The zero-order valence-electron chi connectivity index (χ0n) is 12.4. The summed E-state index contributed by atoms with van der Waals surface area (Å²) in [7, 11) is -0.316. The molecule has 1 fully saturated rings. The number of amides is 1. The fourth-order valence-corrected chi connectivity index (χ4v) is 3.55. The van der Waals surface area contributed by atoms with Gasteiger partial charge in [0, 0.05) is 26.8 Å². The van der Waals surface area contributed by atoms with Crippen LogP contribution in [0.4, 0.5) is 0 Å². The molecule has 0 bridgehead atoms. The minimum Gasteiger partial charge on any atom is -0.344 e. The van der Waals surface area contributed by atoms with E-state index in [2.05, 4.69) is 9.82 Å². The smallest absolute Gasteiger partial charge is 0.244 e. The van der Waals surface area contributed by atoms with Gasteiger partial charge in [-0.2, -0.15) is 5.10 Å². The summed E-state index contributed by atoms with van der Waals surface area (Å²) in [5.74, 6) is 0.336. The molecule has 1 aliphatic rings. The van der Waals surface area contributed by atoms with Crippen molar-refractivity contribution in [2.45, 2.75) is 30.6 Å². The number of hydrogen-bond donors (Lipinski definition) is 1. The Morgan fingerprint density at radius 2 is 2.14 bits per heavy atom. The fourth-order valence-electron chi connectivity index (χ4n) is 2.59. The van der Waals surface area contributed by atoms with Crippen molar-refractivity contribution in [1.29, 1.82) is 0 Å². The molecule has 7 nitrogen and oxygen atoms in total. The maximum absolute atomic E-state index is 12.0. The van der Waals surface area contributed by atoms with E-state index in [1.807, 2.05) is 0 Å². The highest BCUT2D eigenvalue weighted by atomic mass is 32.2. The molecular formula is C13H22N4O3S. The number of likely N-dealkylation sites (N-methyl/N-ethyl adjacent to an activating group) is 1. The first-order valence-electron chi connectivity index (χ1n) is 7.11. The molecule has 1 amide bonds. The van der Waals surface area contributed by atoms with E-state index in [1.54, 1.807) is 19.0 Å². The molecule has 0 unspecified atom stereocenters. The molecule has 21 heavy (non-hydrogen) atoms. The Labute approximate surface area is 125 Å². The first-order valence-corrected chi connectivity index (χ1v) is 8.59. The summed E-state index contributed by atoms with van der Waals surface area (Å²) in [4.78, 5) is 13.7. The fraction of sp³-hybridized carbons (Fsp3) is 0.692. The normalized spacial score (nSPS) is 16.3. The van der Waals surface area contributed by atoms with Crippen molar-refractivity contribution in [2.75, 3.05) is 20.1 Å². The van der Waals surface area contributed by atoms with Crippen molar-refractivity contribution < 1.29 is 13.2 Å². The number of nitrogens with zero attached hydrogens (tertiary/aromatic N) is 3. The van der Waals surface area contributed by atoms with Gasteiger partial charge in [-0.3, -0.25) is 9.48 Å². The van der Waals surface area contributed by atoms with Gasteiger partial charge < -0.3 is 4.90 Å². The van der Waals surface area contributed by atoms with E-state index in [1.165, 1.54) is 29.9 Å². The van der Waals surface area contributed by atoms with Crippen LogP contribution in [0.2, 0.25) is 0 Å². The van der Waals surface area contributed by atoms with Gasteiger partial charge in [-0.1, -0.05) is 12.8 Å². The Kier molecular flexibility index (Phi) is 5.00. The van der Waals surface area contributed by atoms with Gasteiger partial charge in [0.15, 0.2) is 0 Å². The highest BCUT2D eigenvalue weighted by Gasteiger charge is 2.21. The zero-order chi connectivity index (χ0) is 15.5. The lowest BCUT2D eigenvalue weighted by Crippen LogP contribution is -2.39. The molecular weight excluding hydrogens is 292 g/mol. The monoisotopic (exact) mass is 314 g/mol. The summed E-state index contributed by atoms with van der Waals surface area (Å²) in [6.07, 6.45) is 7.41. The summed E-state index contributed by atoms with van der Waals surface area (Å²) >= 11 is 0. The summed E-state index contributed by atoms with van der Waals surface area (Å²) < 4.78 is 27.7. The van der Waals surface area contributed by atoms with Gasteiger partial charge in [-0.05, 0) is 18.8 Å². The van der Waals surface area contributed by atoms with Gasteiger partial charge in [-0.15, -0.1) is 0 Å². The molecule has 1 heterocycles. The Balaban J connectivity index is 1.85. The number of carbonyl (C=O) groups is 1. The largest absolute Gasteiger partial charge is 0.344 e. The molecule has 118 valence electrons. The van der Waals surface area contributed by atoms with Crippen LogP contribution in [-0.4, -0.2) is 49.1 Å². The average molecular weight is 314 g/mol. The van der Waals surface area contributed by atoms with E-state index in [4.69, 9.17) is 0 Å². The topological polar surface area (TPSA) is 84.3 Å². The van der Waals surface area contributed by atoms with E-state index >= 15 is 0 Å². The van der Waals surface area contributed by atoms with Crippen LogP contribution in [0.1, 0.15) is 25.7 Å². The quantitative estimate of drug-likeness (QED) is 0.821. The van der Waals surface area contributed by atoms with Crippen molar-refractivity contribution in [3.8, 4) is 0 Å². The van der Waals surface area contributed by atoms with Gasteiger partial charge in [0.05, 0.1) is 12.7 Å². The Morgan fingerprint density at radius 3 is 2.71 bits per heavy atom. The molecule has 1 aliphatic carbocycles. The van der Waals surface area contributed by atoms with E-state index in [0.29, 0.717) is 12.5 Å². The summed E-state index contributed by atoms with van der Waals surface area (Å²) in [6.45, 7) is 0.480. The van der Waals surface area contributed by atoms with Crippen molar-refractivity contribution >= 4 is 15.9 Å². The molecule has 0 atom stereocenters. The Bertz CT molecular complexity index is 590. The van der Waals surface area contributed by atoms with Gasteiger partial charge in [0.25, 0.3) is 0 Å². The minimum atomic E-state index is -3.68. The molecule has 8 heteroatoms. The van der Waals surface area contributed by atoms with Gasteiger partial charge in [-0.25, -0.2) is 13.1 Å². The molecule has 0 saturated heterocycles. The number of hydrogen-bond acceptors (Lipinski definition) is 4. The van der Waals surface area contributed by atoms with Crippen molar-refractivity contribution in [3.05, 3.63) is 12.4 Å². The maximum Gasteiger partial charge on any atom is 0.244 e. The standard InChI is InChI=1S/C13H22N4O3S/c1-16(9-11-5-3-4-6-11)13(18)8-15-21(19,20)12-7-14-17(2)10-12/h7,10-11,15H,3-6,8-9H2,1-2H3. The van der Waals surface area contributed by atoms with Crippen LogP contribution in [-0.2, 0) is 21.9 Å². The van der Waals surface area contributed by atoms with Crippen molar-refractivity contribution in [1.82, 2.24) is 19.4 Å². The molecule has 0 radical (unpaired) electrons. The minimum absolute atomic E-state index is 0.0660. The van der Waals surface area contributed by atoms with E-state index < -0.39 is 10.0 Å². The number of rotatable bonds is 6.